The van der Waals surface area contributed by atoms with Crippen LogP contribution in [0.5, 0.6) is 0 Å². The molecule has 3 N–H and O–H groups in total. The van der Waals surface area contributed by atoms with Crippen molar-refractivity contribution in [3.8, 4) is 0 Å². The first-order valence-corrected chi connectivity index (χ1v) is 7.83. The van der Waals surface area contributed by atoms with E-state index in [0.717, 1.165) is 32.4 Å². The second-order valence-corrected chi connectivity index (χ2v) is 5.29. The number of unbranched alkanes of at least 4 members (excludes halogenated alkanes) is 1. The van der Waals surface area contributed by atoms with Crippen LogP contribution in [0.3, 0.4) is 0 Å². The van der Waals surface area contributed by atoms with Crippen molar-refractivity contribution in [3.05, 3.63) is 0 Å². The Morgan fingerprint density at radius 2 is 1.95 bits per heavy atom. The average Bonchev–Trinajstić information content (AvgIpc) is 2.43. The standard InChI is InChI=1S/C15H33N3O/c1-5-8-10-18(13(4)7-3)14(12-16)11-15(19)17-9-6-2/h13-14H,5-12,16H2,1-4H3,(H,17,19). The van der Waals surface area contributed by atoms with E-state index in [2.05, 4.69) is 37.9 Å². The number of carbonyl (C=O) groups is 1. The van der Waals surface area contributed by atoms with Gasteiger partial charge in [0.25, 0.3) is 0 Å². The molecule has 0 aliphatic heterocycles. The van der Waals surface area contributed by atoms with Gasteiger partial charge in [-0.05, 0) is 32.7 Å². The summed E-state index contributed by atoms with van der Waals surface area (Å²) in [6.45, 7) is 11.0. The zero-order valence-electron chi connectivity index (χ0n) is 13.2. The van der Waals surface area contributed by atoms with Gasteiger partial charge in [-0.2, -0.15) is 0 Å². The molecule has 1 amide bonds. The zero-order valence-corrected chi connectivity index (χ0v) is 13.2. The molecule has 0 aromatic carbocycles. The molecule has 0 rings (SSSR count). The Morgan fingerprint density at radius 3 is 2.42 bits per heavy atom. The topological polar surface area (TPSA) is 58.4 Å². The first-order chi connectivity index (χ1) is 9.10. The Hall–Kier alpha value is -0.610. The number of hydrogen-bond donors (Lipinski definition) is 2. The Bertz CT molecular complexity index is 233. The minimum Gasteiger partial charge on any atom is -0.356 e. The lowest BCUT2D eigenvalue weighted by molar-refractivity contribution is -0.122. The van der Waals surface area contributed by atoms with E-state index in [9.17, 15) is 4.79 Å². The molecule has 19 heavy (non-hydrogen) atoms. The van der Waals surface area contributed by atoms with Crippen molar-refractivity contribution in [2.24, 2.45) is 5.73 Å². The lowest BCUT2D eigenvalue weighted by Crippen LogP contribution is -2.48. The summed E-state index contributed by atoms with van der Waals surface area (Å²) in [5.74, 6) is 0.127. The summed E-state index contributed by atoms with van der Waals surface area (Å²) in [5.41, 5.74) is 5.89. The largest absolute Gasteiger partial charge is 0.356 e. The van der Waals surface area contributed by atoms with Gasteiger partial charge in [-0.25, -0.2) is 0 Å². The van der Waals surface area contributed by atoms with E-state index in [0.29, 0.717) is 19.0 Å². The quantitative estimate of drug-likeness (QED) is 0.605. The minimum absolute atomic E-state index is 0.127. The summed E-state index contributed by atoms with van der Waals surface area (Å²) < 4.78 is 0. The van der Waals surface area contributed by atoms with E-state index in [1.54, 1.807) is 0 Å². The molecule has 4 nitrogen and oxygen atoms in total. The number of rotatable bonds is 11. The fraction of sp³-hybridized carbons (Fsp3) is 0.933. The number of amides is 1. The number of nitrogens with one attached hydrogen (secondary N) is 1. The van der Waals surface area contributed by atoms with E-state index >= 15 is 0 Å². The lowest BCUT2D eigenvalue weighted by Gasteiger charge is -2.35. The van der Waals surface area contributed by atoms with Crippen LogP contribution in [0.4, 0.5) is 0 Å². The second-order valence-electron chi connectivity index (χ2n) is 5.29. The molecule has 114 valence electrons. The van der Waals surface area contributed by atoms with Crippen molar-refractivity contribution >= 4 is 5.91 Å². The first-order valence-electron chi connectivity index (χ1n) is 7.83. The zero-order chi connectivity index (χ0) is 14.7. The molecule has 0 bridgehead atoms. The van der Waals surface area contributed by atoms with Gasteiger partial charge in [-0.1, -0.05) is 27.2 Å². The smallest absolute Gasteiger partial charge is 0.221 e. The van der Waals surface area contributed by atoms with Crippen LogP contribution in [-0.2, 0) is 4.79 Å². The maximum atomic E-state index is 11.9. The van der Waals surface area contributed by atoms with Crippen LogP contribution in [0.2, 0.25) is 0 Å². The molecule has 0 aromatic rings. The molecule has 0 aliphatic carbocycles. The van der Waals surface area contributed by atoms with E-state index < -0.39 is 0 Å². The third kappa shape index (κ3) is 7.53. The van der Waals surface area contributed by atoms with Crippen molar-refractivity contribution in [3.63, 3.8) is 0 Å². The van der Waals surface area contributed by atoms with Crippen LogP contribution in [0.15, 0.2) is 0 Å². The lowest BCUT2D eigenvalue weighted by atomic mass is 10.1. The van der Waals surface area contributed by atoms with Gasteiger partial charge in [-0.3, -0.25) is 9.69 Å². The summed E-state index contributed by atoms with van der Waals surface area (Å²) in [6.07, 6.45) is 4.93. The third-order valence-corrected chi connectivity index (χ3v) is 3.66. The third-order valence-electron chi connectivity index (χ3n) is 3.66. The molecule has 0 aromatic heterocycles. The van der Waals surface area contributed by atoms with Crippen molar-refractivity contribution in [1.82, 2.24) is 10.2 Å². The van der Waals surface area contributed by atoms with Gasteiger partial charge in [0.15, 0.2) is 0 Å². The molecule has 0 radical (unpaired) electrons. The van der Waals surface area contributed by atoms with Gasteiger partial charge in [-0.15, -0.1) is 0 Å². The monoisotopic (exact) mass is 271 g/mol. The van der Waals surface area contributed by atoms with Gasteiger partial charge in [0.05, 0.1) is 0 Å². The fourth-order valence-corrected chi connectivity index (χ4v) is 2.22. The highest BCUT2D eigenvalue weighted by Crippen LogP contribution is 2.13. The predicted octanol–water partition coefficient (Wildman–Crippen LogP) is 2.13. The molecular weight excluding hydrogens is 238 g/mol. The Kier molecular flexibility index (Phi) is 10.9. The summed E-state index contributed by atoms with van der Waals surface area (Å²) in [5, 5.41) is 2.94. The molecule has 0 aliphatic rings. The predicted molar refractivity (Wildman–Crippen MR) is 82.1 cm³/mol. The summed E-state index contributed by atoms with van der Waals surface area (Å²) >= 11 is 0. The summed E-state index contributed by atoms with van der Waals surface area (Å²) in [6, 6.07) is 0.650. The van der Waals surface area contributed by atoms with E-state index in [-0.39, 0.29) is 11.9 Å². The summed E-state index contributed by atoms with van der Waals surface area (Å²) in [4.78, 5) is 14.3. The molecular formula is C15H33N3O. The highest BCUT2D eigenvalue weighted by molar-refractivity contribution is 5.76. The molecule has 0 saturated heterocycles. The van der Waals surface area contributed by atoms with Crippen LogP contribution in [0.1, 0.15) is 59.8 Å². The molecule has 4 heteroatoms. The molecule has 0 fully saturated rings. The van der Waals surface area contributed by atoms with Crippen LogP contribution in [0.25, 0.3) is 0 Å². The van der Waals surface area contributed by atoms with Crippen molar-refractivity contribution < 1.29 is 4.79 Å². The highest BCUT2D eigenvalue weighted by atomic mass is 16.1. The van der Waals surface area contributed by atoms with Crippen LogP contribution >= 0.6 is 0 Å². The second kappa shape index (κ2) is 11.2. The number of carbonyl (C=O) groups excluding carboxylic acids is 1. The number of nitrogens with two attached hydrogens (primary N) is 1. The van der Waals surface area contributed by atoms with Gasteiger partial charge in [0.1, 0.15) is 0 Å². The Balaban J connectivity index is 4.49. The van der Waals surface area contributed by atoms with Crippen molar-refractivity contribution in [2.45, 2.75) is 71.9 Å². The highest BCUT2D eigenvalue weighted by Gasteiger charge is 2.23. The van der Waals surface area contributed by atoms with E-state index in [4.69, 9.17) is 5.73 Å². The van der Waals surface area contributed by atoms with Crippen LogP contribution in [-0.4, -0.2) is 42.5 Å². The van der Waals surface area contributed by atoms with E-state index in [1.165, 1.54) is 6.42 Å². The maximum absolute atomic E-state index is 11.9. The van der Waals surface area contributed by atoms with E-state index in [1.807, 2.05) is 0 Å². The van der Waals surface area contributed by atoms with Crippen molar-refractivity contribution in [1.29, 1.82) is 0 Å². The minimum atomic E-state index is 0.127. The van der Waals surface area contributed by atoms with Gasteiger partial charge in [0.2, 0.25) is 5.91 Å². The van der Waals surface area contributed by atoms with Crippen LogP contribution < -0.4 is 11.1 Å². The number of nitrogens with zero attached hydrogens (tertiary/aromatic N) is 1. The molecule has 2 atom stereocenters. The Labute approximate surface area is 119 Å². The Morgan fingerprint density at radius 1 is 1.26 bits per heavy atom. The molecule has 0 saturated carbocycles. The molecule has 0 heterocycles. The van der Waals surface area contributed by atoms with Gasteiger partial charge in [0, 0.05) is 31.6 Å². The maximum Gasteiger partial charge on any atom is 0.221 e. The fourth-order valence-electron chi connectivity index (χ4n) is 2.22. The van der Waals surface area contributed by atoms with Gasteiger partial charge < -0.3 is 11.1 Å². The normalized spacial score (nSPS) is 14.4. The molecule has 0 spiro atoms. The SMILES string of the molecule is CCCCN(C(C)CC)C(CN)CC(=O)NCCC. The summed E-state index contributed by atoms with van der Waals surface area (Å²) in [7, 11) is 0. The molecule has 2 unspecified atom stereocenters. The van der Waals surface area contributed by atoms with Gasteiger partial charge >= 0.3 is 0 Å². The van der Waals surface area contributed by atoms with Crippen LogP contribution in [0, 0.1) is 0 Å². The number of hydrogen-bond acceptors (Lipinski definition) is 3. The van der Waals surface area contributed by atoms with Crippen molar-refractivity contribution in [2.75, 3.05) is 19.6 Å². The average molecular weight is 271 g/mol. The first kappa shape index (κ1) is 18.4.